The van der Waals surface area contributed by atoms with Crippen molar-refractivity contribution in [1.82, 2.24) is 0 Å². The van der Waals surface area contributed by atoms with E-state index in [1.165, 1.54) is 24.3 Å². The van der Waals surface area contributed by atoms with E-state index < -0.39 is 21.0 Å². The van der Waals surface area contributed by atoms with Crippen molar-refractivity contribution in [1.29, 1.82) is 0 Å². The van der Waals surface area contributed by atoms with Crippen LogP contribution >= 0.6 is 11.6 Å². The van der Waals surface area contributed by atoms with Gasteiger partial charge in [-0.15, -0.1) is 11.6 Å². The maximum absolute atomic E-state index is 11.2. The van der Waals surface area contributed by atoms with Crippen LogP contribution in [0.25, 0.3) is 0 Å². The van der Waals surface area contributed by atoms with E-state index in [0.717, 1.165) is 0 Å². The molecule has 0 fully saturated rings. The number of carboxylic acid groups (broad SMARTS) is 1. The molecule has 0 unspecified atom stereocenters. The topological polar surface area (TPSA) is 71.4 Å². The molecule has 76 valence electrons. The molecular weight excluding hydrogens is 228 g/mol. The zero-order valence-corrected chi connectivity index (χ0v) is 8.55. The smallest absolute Gasteiger partial charge is 0.335 e. The van der Waals surface area contributed by atoms with Crippen LogP contribution in [-0.4, -0.2) is 24.7 Å². The molecule has 1 aromatic rings. The number of hydrogen-bond acceptors (Lipinski definition) is 3. The molecular formula is C8H7ClO4S. The van der Waals surface area contributed by atoms with Gasteiger partial charge in [0.15, 0.2) is 9.84 Å². The van der Waals surface area contributed by atoms with E-state index in [1.807, 2.05) is 0 Å². The molecule has 0 spiro atoms. The van der Waals surface area contributed by atoms with E-state index in [9.17, 15) is 13.2 Å². The maximum atomic E-state index is 11.2. The zero-order chi connectivity index (χ0) is 10.8. The molecule has 0 bridgehead atoms. The van der Waals surface area contributed by atoms with E-state index in [0.29, 0.717) is 0 Å². The van der Waals surface area contributed by atoms with E-state index in [-0.39, 0.29) is 10.5 Å². The third-order valence-corrected chi connectivity index (χ3v) is 3.74. The minimum Gasteiger partial charge on any atom is -0.478 e. The first kappa shape index (κ1) is 11.0. The van der Waals surface area contributed by atoms with Gasteiger partial charge in [-0.3, -0.25) is 0 Å². The molecule has 0 aliphatic rings. The molecule has 0 aliphatic heterocycles. The SMILES string of the molecule is O=C(O)c1ccc(S(=O)(=O)CCl)cc1. The number of carbonyl (C=O) groups is 1. The van der Waals surface area contributed by atoms with Gasteiger partial charge in [-0.1, -0.05) is 0 Å². The van der Waals surface area contributed by atoms with Crippen LogP contribution in [0.3, 0.4) is 0 Å². The second-order valence-corrected chi connectivity index (χ2v) is 5.13. The molecule has 0 aromatic heterocycles. The number of carboxylic acids is 1. The molecule has 1 rings (SSSR count). The third-order valence-electron chi connectivity index (χ3n) is 1.60. The summed E-state index contributed by atoms with van der Waals surface area (Å²) in [4.78, 5) is 10.5. The summed E-state index contributed by atoms with van der Waals surface area (Å²) < 4.78 is 22.4. The van der Waals surface area contributed by atoms with Gasteiger partial charge in [-0.05, 0) is 24.3 Å². The van der Waals surface area contributed by atoms with Gasteiger partial charge in [-0.25, -0.2) is 13.2 Å². The Morgan fingerprint density at radius 2 is 1.79 bits per heavy atom. The van der Waals surface area contributed by atoms with E-state index in [1.54, 1.807) is 0 Å². The van der Waals surface area contributed by atoms with Crippen molar-refractivity contribution in [3.63, 3.8) is 0 Å². The first-order chi connectivity index (χ1) is 6.47. The molecule has 0 heterocycles. The van der Waals surface area contributed by atoms with Crippen molar-refractivity contribution in [2.24, 2.45) is 0 Å². The van der Waals surface area contributed by atoms with Gasteiger partial charge in [0.2, 0.25) is 0 Å². The lowest BCUT2D eigenvalue weighted by Crippen LogP contribution is -2.03. The number of hydrogen-bond donors (Lipinski definition) is 1. The number of aromatic carboxylic acids is 1. The van der Waals surface area contributed by atoms with Gasteiger partial charge >= 0.3 is 5.97 Å². The van der Waals surface area contributed by atoms with E-state index in [4.69, 9.17) is 16.7 Å². The molecule has 0 saturated carbocycles. The van der Waals surface area contributed by atoms with Gasteiger partial charge in [0, 0.05) is 0 Å². The number of benzene rings is 1. The van der Waals surface area contributed by atoms with Gasteiger partial charge in [-0.2, -0.15) is 0 Å². The van der Waals surface area contributed by atoms with Crippen LogP contribution in [0.15, 0.2) is 29.2 Å². The fraction of sp³-hybridized carbons (Fsp3) is 0.125. The quantitative estimate of drug-likeness (QED) is 0.802. The molecule has 0 amide bonds. The highest BCUT2D eigenvalue weighted by molar-refractivity contribution is 7.92. The van der Waals surface area contributed by atoms with Gasteiger partial charge in [0.05, 0.1) is 10.5 Å². The minimum atomic E-state index is -3.47. The first-order valence-corrected chi connectivity index (χ1v) is 5.78. The van der Waals surface area contributed by atoms with Gasteiger partial charge < -0.3 is 5.11 Å². The molecule has 4 nitrogen and oxygen atoms in total. The summed E-state index contributed by atoms with van der Waals surface area (Å²) in [6.07, 6.45) is 0. The number of sulfone groups is 1. The minimum absolute atomic E-state index is 0.0255. The third kappa shape index (κ3) is 2.24. The summed E-state index contributed by atoms with van der Waals surface area (Å²) in [5.41, 5.74) is 0.0403. The molecule has 1 aromatic carbocycles. The summed E-state index contributed by atoms with van der Waals surface area (Å²) in [5, 5.41) is 8.05. The second kappa shape index (κ2) is 3.98. The highest BCUT2D eigenvalue weighted by Gasteiger charge is 2.12. The van der Waals surface area contributed by atoms with Crippen LogP contribution in [0.1, 0.15) is 10.4 Å². The molecule has 0 aliphatic carbocycles. The molecule has 0 atom stereocenters. The van der Waals surface area contributed by atoms with E-state index in [2.05, 4.69) is 0 Å². The van der Waals surface area contributed by atoms with E-state index >= 15 is 0 Å². The normalized spacial score (nSPS) is 11.2. The summed E-state index contributed by atoms with van der Waals surface area (Å²) in [7, 11) is -3.47. The highest BCUT2D eigenvalue weighted by Crippen LogP contribution is 2.13. The molecule has 0 saturated heterocycles. The highest BCUT2D eigenvalue weighted by atomic mass is 35.5. The van der Waals surface area contributed by atoms with Crippen molar-refractivity contribution in [3.05, 3.63) is 29.8 Å². The lowest BCUT2D eigenvalue weighted by molar-refractivity contribution is 0.0697. The van der Waals surface area contributed by atoms with Crippen LogP contribution in [0.5, 0.6) is 0 Å². The van der Waals surface area contributed by atoms with Crippen molar-refractivity contribution in [2.75, 3.05) is 5.21 Å². The lowest BCUT2D eigenvalue weighted by Gasteiger charge is -2.00. The zero-order valence-electron chi connectivity index (χ0n) is 6.97. The molecule has 1 N–H and O–H groups in total. The predicted molar refractivity (Wildman–Crippen MR) is 51.3 cm³/mol. The Hall–Kier alpha value is -1.07. The Bertz CT molecular complexity index is 435. The van der Waals surface area contributed by atoms with Crippen LogP contribution in [0.4, 0.5) is 0 Å². The fourth-order valence-corrected chi connectivity index (χ4v) is 1.92. The number of halogens is 1. The summed E-state index contributed by atoms with van der Waals surface area (Å²) in [5.74, 6) is -1.10. The summed E-state index contributed by atoms with van der Waals surface area (Å²) in [6.45, 7) is 0. The number of rotatable bonds is 3. The lowest BCUT2D eigenvalue weighted by atomic mass is 10.2. The molecule has 0 radical (unpaired) electrons. The molecule has 14 heavy (non-hydrogen) atoms. The Morgan fingerprint density at radius 1 is 1.29 bits per heavy atom. The van der Waals surface area contributed by atoms with Crippen molar-refractivity contribution >= 4 is 27.4 Å². The first-order valence-electron chi connectivity index (χ1n) is 3.59. The molecule has 6 heteroatoms. The average Bonchev–Trinajstić information content (AvgIpc) is 2.18. The van der Waals surface area contributed by atoms with Crippen LogP contribution < -0.4 is 0 Å². The Labute approximate surface area is 86.0 Å². The Kier molecular flexibility index (Phi) is 3.13. The Balaban J connectivity index is 3.12. The summed E-state index contributed by atoms with van der Waals surface area (Å²) in [6, 6.07) is 4.89. The van der Waals surface area contributed by atoms with Gasteiger partial charge in [0.1, 0.15) is 5.21 Å². The van der Waals surface area contributed by atoms with Crippen molar-refractivity contribution in [3.8, 4) is 0 Å². The maximum Gasteiger partial charge on any atom is 0.335 e. The van der Waals surface area contributed by atoms with Crippen LogP contribution in [-0.2, 0) is 9.84 Å². The largest absolute Gasteiger partial charge is 0.478 e. The second-order valence-electron chi connectivity index (χ2n) is 2.55. The van der Waals surface area contributed by atoms with Crippen molar-refractivity contribution < 1.29 is 18.3 Å². The summed E-state index contributed by atoms with van der Waals surface area (Å²) >= 11 is 5.23. The average molecular weight is 235 g/mol. The van der Waals surface area contributed by atoms with Gasteiger partial charge in [0.25, 0.3) is 0 Å². The predicted octanol–water partition coefficient (Wildman–Crippen LogP) is 1.35. The Morgan fingerprint density at radius 3 is 2.14 bits per heavy atom. The standard InChI is InChI=1S/C8H7ClO4S/c9-5-14(12,13)7-3-1-6(2-4-7)8(10)11/h1-4H,5H2,(H,10,11). The van der Waals surface area contributed by atoms with Crippen LogP contribution in [0, 0.1) is 0 Å². The fourth-order valence-electron chi connectivity index (χ4n) is 0.868. The monoisotopic (exact) mass is 234 g/mol. The van der Waals surface area contributed by atoms with Crippen molar-refractivity contribution in [2.45, 2.75) is 4.90 Å². The van der Waals surface area contributed by atoms with Crippen LogP contribution in [0.2, 0.25) is 0 Å². The number of alkyl halides is 1.